The van der Waals surface area contributed by atoms with Crippen molar-refractivity contribution in [2.75, 3.05) is 33.4 Å². The minimum atomic E-state index is -1.51. The van der Waals surface area contributed by atoms with Crippen molar-refractivity contribution < 1.29 is 28.8 Å². The molecule has 1 aliphatic heterocycles. The van der Waals surface area contributed by atoms with Gasteiger partial charge in [0.05, 0.1) is 24.8 Å². The first-order valence-electron chi connectivity index (χ1n) is 12.3. The summed E-state index contributed by atoms with van der Waals surface area (Å²) >= 11 is 5.72. The summed E-state index contributed by atoms with van der Waals surface area (Å²) in [5.74, 6) is 1.91. The van der Waals surface area contributed by atoms with E-state index in [1.807, 2.05) is 36.2 Å². The van der Waals surface area contributed by atoms with Gasteiger partial charge in [-0.3, -0.25) is 4.90 Å². The lowest BCUT2D eigenvalue weighted by atomic mass is 9.90. The molecule has 2 aromatic carbocycles. The van der Waals surface area contributed by atoms with E-state index in [4.69, 9.17) is 25.8 Å². The number of likely N-dealkylation sites (tertiary alicyclic amines) is 1. The van der Waals surface area contributed by atoms with Crippen molar-refractivity contribution in [3.8, 4) is 17.2 Å². The van der Waals surface area contributed by atoms with E-state index < -0.39 is 17.5 Å². The van der Waals surface area contributed by atoms with Crippen LogP contribution in [0.1, 0.15) is 24.2 Å². The molecule has 8 nitrogen and oxygen atoms in total. The quantitative estimate of drug-likeness (QED) is 0.362. The Balaban J connectivity index is 1.35. The molecule has 3 aromatic rings. The van der Waals surface area contributed by atoms with E-state index >= 15 is 0 Å². The maximum atomic E-state index is 13.7. The second kappa shape index (κ2) is 12.1. The van der Waals surface area contributed by atoms with E-state index in [-0.39, 0.29) is 23.9 Å². The molecular formula is C27H33ClFN3O5. The second-order valence-corrected chi connectivity index (χ2v) is 9.75. The van der Waals surface area contributed by atoms with Gasteiger partial charge in [-0.2, -0.15) is 0 Å². The van der Waals surface area contributed by atoms with Gasteiger partial charge in [0, 0.05) is 44.6 Å². The SMILES string of the molecule is COc1ccc(CN2CC[C@H](O)[C@@](O)(COc3ccc(Cl)c(F)c3)C2)cc1OCCCn1ccnc1C. The van der Waals surface area contributed by atoms with Gasteiger partial charge in [-0.1, -0.05) is 17.7 Å². The van der Waals surface area contributed by atoms with Crippen LogP contribution < -0.4 is 14.2 Å². The average Bonchev–Trinajstić information content (AvgIpc) is 3.29. The van der Waals surface area contributed by atoms with Crippen molar-refractivity contribution in [1.29, 1.82) is 0 Å². The standard InChI is InChI=1S/C27H33ClFN3O5/c1-19-30-9-12-32(19)10-3-13-36-25-14-20(4-7-24(25)35-2)16-31-11-8-26(33)27(34,17-31)18-37-21-5-6-22(28)23(29)15-21/h4-7,9,12,14-15,26,33-34H,3,8,10-11,13,16-18H2,1-2H3/t26-,27-/m0/s1. The van der Waals surface area contributed by atoms with Crippen molar-refractivity contribution in [3.63, 3.8) is 0 Å². The van der Waals surface area contributed by atoms with Crippen molar-refractivity contribution in [2.24, 2.45) is 0 Å². The van der Waals surface area contributed by atoms with E-state index in [1.54, 1.807) is 13.3 Å². The monoisotopic (exact) mass is 533 g/mol. The van der Waals surface area contributed by atoms with E-state index in [1.165, 1.54) is 12.1 Å². The van der Waals surface area contributed by atoms with Crippen molar-refractivity contribution in [1.82, 2.24) is 14.5 Å². The van der Waals surface area contributed by atoms with Gasteiger partial charge in [-0.05, 0) is 49.6 Å². The summed E-state index contributed by atoms with van der Waals surface area (Å²) < 4.78 is 32.9. The molecule has 1 aliphatic rings. The maximum absolute atomic E-state index is 13.7. The van der Waals surface area contributed by atoms with Gasteiger partial charge >= 0.3 is 0 Å². The Kier molecular flexibility index (Phi) is 8.91. The first kappa shape index (κ1) is 27.2. The van der Waals surface area contributed by atoms with Crippen LogP contribution in [0.15, 0.2) is 48.8 Å². The number of hydrogen-bond acceptors (Lipinski definition) is 7. The molecule has 2 N–H and O–H groups in total. The second-order valence-electron chi connectivity index (χ2n) is 9.34. The molecule has 2 heterocycles. The molecule has 1 aromatic heterocycles. The Hall–Kier alpha value is -2.85. The summed E-state index contributed by atoms with van der Waals surface area (Å²) in [6.07, 6.45) is 3.97. The molecular weight excluding hydrogens is 501 g/mol. The first-order chi connectivity index (χ1) is 17.8. The summed E-state index contributed by atoms with van der Waals surface area (Å²) in [6.45, 7) is 4.46. The number of β-amino-alcohol motifs (C(OH)–C–C–N with tert-alkyl or cyclic N) is 1. The zero-order chi connectivity index (χ0) is 26.4. The number of nitrogens with zero attached hydrogens (tertiary/aromatic N) is 3. The number of aromatic nitrogens is 2. The van der Waals surface area contributed by atoms with Crippen LogP contribution in [-0.4, -0.2) is 69.8 Å². The molecule has 0 saturated carbocycles. The lowest BCUT2D eigenvalue weighted by Gasteiger charge is -2.42. The van der Waals surface area contributed by atoms with E-state index in [0.717, 1.165) is 30.4 Å². The van der Waals surface area contributed by atoms with Gasteiger partial charge < -0.3 is 29.0 Å². The Morgan fingerprint density at radius 2 is 2.03 bits per heavy atom. The highest BCUT2D eigenvalue weighted by atomic mass is 35.5. The van der Waals surface area contributed by atoms with Gasteiger partial charge in [0.2, 0.25) is 0 Å². The predicted octanol–water partition coefficient (Wildman–Crippen LogP) is 3.84. The highest BCUT2D eigenvalue weighted by molar-refractivity contribution is 6.30. The number of aliphatic hydroxyl groups is 2. The third kappa shape index (κ3) is 6.93. The van der Waals surface area contributed by atoms with E-state index in [2.05, 4.69) is 9.55 Å². The van der Waals surface area contributed by atoms with Crippen molar-refractivity contribution >= 4 is 11.6 Å². The minimum Gasteiger partial charge on any atom is -0.493 e. The van der Waals surface area contributed by atoms with Crippen LogP contribution in [0.5, 0.6) is 17.2 Å². The predicted molar refractivity (Wildman–Crippen MR) is 138 cm³/mol. The van der Waals surface area contributed by atoms with Gasteiger partial charge in [-0.15, -0.1) is 0 Å². The lowest BCUT2D eigenvalue weighted by molar-refractivity contribution is -0.140. The molecule has 1 fully saturated rings. The molecule has 0 amide bonds. The normalized spacial score (nSPS) is 20.1. The number of rotatable bonds is 11. The maximum Gasteiger partial charge on any atom is 0.161 e. The molecule has 0 radical (unpaired) electrons. The van der Waals surface area contributed by atoms with Crippen LogP contribution in [0.25, 0.3) is 0 Å². The molecule has 37 heavy (non-hydrogen) atoms. The number of methoxy groups -OCH3 is 1. The number of benzene rings is 2. The number of aliphatic hydroxyl groups excluding tert-OH is 1. The van der Waals surface area contributed by atoms with Crippen molar-refractivity contribution in [2.45, 2.75) is 44.6 Å². The summed E-state index contributed by atoms with van der Waals surface area (Å²) in [4.78, 5) is 6.28. The number of halogens is 2. The van der Waals surface area contributed by atoms with E-state index in [0.29, 0.717) is 37.6 Å². The molecule has 0 aliphatic carbocycles. The fourth-order valence-electron chi connectivity index (χ4n) is 4.44. The Morgan fingerprint density at radius 3 is 2.76 bits per heavy atom. The van der Waals surface area contributed by atoms with Crippen LogP contribution in [0.3, 0.4) is 0 Å². The molecule has 4 rings (SSSR count). The largest absolute Gasteiger partial charge is 0.493 e. The smallest absolute Gasteiger partial charge is 0.161 e. The highest BCUT2D eigenvalue weighted by Gasteiger charge is 2.42. The van der Waals surface area contributed by atoms with Gasteiger partial charge in [-0.25, -0.2) is 9.37 Å². The van der Waals surface area contributed by atoms with E-state index in [9.17, 15) is 14.6 Å². The molecule has 0 bridgehead atoms. The summed E-state index contributed by atoms with van der Waals surface area (Å²) in [5, 5.41) is 21.7. The number of piperidine rings is 1. The number of aryl methyl sites for hydroxylation is 2. The Morgan fingerprint density at radius 1 is 1.19 bits per heavy atom. The third-order valence-electron chi connectivity index (χ3n) is 6.58. The summed E-state index contributed by atoms with van der Waals surface area (Å²) in [6, 6.07) is 9.84. The molecule has 1 saturated heterocycles. The molecule has 10 heteroatoms. The fraction of sp³-hybridized carbons (Fsp3) is 0.444. The Bertz CT molecular complexity index is 1190. The van der Waals surface area contributed by atoms with Crippen LogP contribution in [0.2, 0.25) is 5.02 Å². The highest BCUT2D eigenvalue weighted by Crippen LogP contribution is 2.31. The molecule has 0 unspecified atom stereocenters. The minimum absolute atomic E-state index is 0.00826. The van der Waals surface area contributed by atoms with Gasteiger partial charge in [0.1, 0.15) is 29.6 Å². The number of hydrogen-bond donors (Lipinski definition) is 2. The fourth-order valence-corrected chi connectivity index (χ4v) is 4.56. The van der Waals surface area contributed by atoms with Crippen LogP contribution in [0, 0.1) is 12.7 Å². The van der Waals surface area contributed by atoms with Crippen LogP contribution in [-0.2, 0) is 13.1 Å². The van der Waals surface area contributed by atoms with Gasteiger partial charge in [0.15, 0.2) is 11.5 Å². The molecule has 2 atom stereocenters. The average molecular weight is 534 g/mol. The molecule has 0 spiro atoms. The topological polar surface area (TPSA) is 89.2 Å². The zero-order valence-electron chi connectivity index (χ0n) is 21.1. The van der Waals surface area contributed by atoms with Gasteiger partial charge in [0.25, 0.3) is 0 Å². The summed E-state index contributed by atoms with van der Waals surface area (Å²) in [7, 11) is 1.61. The molecule has 200 valence electrons. The lowest BCUT2D eigenvalue weighted by Crippen LogP contribution is -2.59. The Labute approximate surface area is 221 Å². The van der Waals surface area contributed by atoms with Crippen molar-refractivity contribution in [3.05, 3.63) is 71.0 Å². The first-order valence-corrected chi connectivity index (χ1v) is 12.6. The third-order valence-corrected chi connectivity index (χ3v) is 6.88. The zero-order valence-corrected chi connectivity index (χ0v) is 21.8. The number of ether oxygens (including phenoxy) is 3. The number of imidazole rings is 1. The van der Waals surface area contributed by atoms with Crippen LogP contribution >= 0.6 is 11.6 Å². The summed E-state index contributed by atoms with van der Waals surface area (Å²) in [5.41, 5.74) is -0.522. The van der Waals surface area contributed by atoms with Crippen LogP contribution in [0.4, 0.5) is 4.39 Å².